The molecule has 3 saturated carbocycles. The van der Waals surface area contributed by atoms with E-state index in [1.54, 1.807) is 13.0 Å². The normalized spacial score (nSPS) is 47.4. The van der Waals surface area contributed by atoms with Crippen molar-refractivity contribution in [2.24, 2.45) is 34.5 Å². The smallest absolute Gasteiger partial charge is 0.306 e. The number of aliphatic hydroxyl groups is 2. The van der Waals surface area contributed by atoms with Crippen LogP contribution in [0, 0.1) is 34.5 Å². The number of carbonyl (C=O) groups excluding carboxylic acids is 1. The van der Waals surface area contributed by atoms with Gasteiger partial charge >= 0.3 is 5.97 Å². The third-order valence-corrected chi connectivity index (χ3v) is 9.33. The van der Waals surface area contributed by atoms with Crippen molar-refractivity contribution in [2.45, 2.75) is 83.8 Å². The Morgan fingerprint density at radius 2 is 1.93 bits per heavy atom. The summed E-state index contributed by atoms with van der Waals surface area (Å²) in [6.07, 6.45) is 6.90. The number of hydrogen-bond donors (Lipinski definition) is 3. The number of hydrogen-bond acceptors (Lipinski definition) is 4. The third kappa shape index (κ3) is 2.72. The molecule has 4 aliphatic carbocycles. The van der Waals surface area contributed by atoms with Crippen LogP contribution in [-0.2, 0) is 9.59 Å². The molecule has 8 atom stereocenters. The van der Waals surface area contributed by atoms with Crippen molar-refractivity contribution in [3.63, 3.8) is 0 Å². The minimum Gasteiger partial charge on any atom is -0.481 e. The molecule has 4 rings (SSSR count). The van der Waals surface area contributed by atoms with E-state index in [9.17, 15) is 24.9 Å². The Balaban J connectivity index is 1.64. The first-order valence-electron chi connectivity index (χ1n) is 10.9. The van der Waals surface area contributed by atoms with E-state index < -0.39 is 17.7 Å². The van der Waals surface area contributed by atoms with Crippen LogP contribution in [0.15, 0.2) is 11.6 Å². The number of fused-ring (bicyclic) bond motifs is 5. The van der Waals surface area contributed by atoms with E-state index in [1.165, 1.54) is 0 Å². The van der Waals surface area contributed by atoms with Gasteiger partial charge in [0, 0.05) is 11.8 Å². The number of ketones is 1. The number of carbonyl (C=O) groups is 2. The third-order valence-electron chi connectivity index (χ3n) is 9.33. The molecular weight excluding hydrogens is 356 g/mol. The molecule has 0 heterocycles. The summed E-state index contributed by atoms with van der Waals surface area (Å²) >= 11 is 0. The Morgan fingerprint density at radius 1 is 1.21 bits per heavy atom. The van der Waals surface area contributed by atoms with Gasteiger partial charge in [-0.15, -0.1) is 0 Å². The van der Waals surface area contributed by atoms with Crippen molar-refractivity contribution in [3.05, 3.63) is 11.6 Å². The zero-order valence-electron chi connectivity index (χ0n) is 17.3. The molecule has 4 aliphatic rings. The van der Waals surface area contributed by atoms with Crippen LogP contribution >= 0.6 is 0 Å². The Hall–Kier alpha value is -1.20. The summed E-state index contributed by atoms with van der Waals surface area (Å²) in [7, 11) is 0. The maximum Gasteiger partial charge on any atom is 0.306 e. The highest BCUT2D eigenvalue weighted by atomic mass is 16.4. The van der Waals surface area contributed by atoms with Crippen molar-refractivity contribution in [3.8, 4) is 0 Å². The maximum absolute atomic E-state index is 12.0. The summed E-state index contributed by atoms with van der Waals surface area (Å²) in [5.41, 5.74) is -0.441. The van der Waals surface area contributed by atoms with Gasteiger partial charge in [-0.3, -0.25) is 9.59 Å². The van der Waals surface area contributed by atoms with Crippen LogP contribution in [0.1, 0.15) is 72.1 Å². The van der Waals surface area contributed by atoms with Gasteiger partial charge in [-0.25, -0.2) is 0 Å². The van der Waals surface area contributed by atoms with Gasteiger partial charge in [-0.1, -0.05) is 19.4 Å². The lowest BCUT2D eigenvalue weighted by molar-refractivity contribution is -0.152. The zero-order chi connectivity index (χ0) is 20.5. The van der Waals surface area contributed by atoms with Crippen molar-refractivity contribution in [2.75, 3.05) is 0 Å². The average molecular weight is 391 g/mol. The van der Waals surface area contributed by atoms with E-state index in [0.717, 1.165) is 44.1 Å². The zero-order valence-corrected chi connectivity index (χ0v) is 17.3. The van der Waals surface area contributed by atoms with Crippen LogP contribution in [0.4, 0.5) is 0 Å². The molecule has 0 spiro atoms. The summed E-state index contributed by atoms with van der Waals surface area (Å²) in [6.45, 7) is 6.11. The fourth-order valence-corrected chi connectivity index (χ4v) is 8.06. The SMILES string of the molecule is CC(O)(CC(=O)O)[C@H]1CC[C@H]2[C@@H]3CCC4=CC(=O)CC(O)[C@]4(C)[C@H]3CC[C@]12C. The molecule has 0 saturated heterocycles. The van der Waals surface area contributed by atoms with Crippen LogP contribution in [-0.4, -0.2) is 38.8 Å². The van der Waals surface area contributed by atoms with E-state index in [1.807, 2.05) is 0 Å². The van der Waals surface area contributed by atoms with Gasteiger partial charge in [0.1, 0.15) is 0 Å². The lowest BCUT2D eigenvalue weighted by Crippen LogP contribution is -2.56. The molecule has 3 fully saturated rings. The van der Waals surface area contributed by atoms with Crippen LogP contribution in [0.3, 0.4) is 0 Å². The molecule has 0 aromatic heterocycles. The first-order chi connectivity index (χ1) is 13.0. The Kier molecular flexibility index (Phi) is 4.59. The second-order valence-electron chi connectivity index (χ2n) is 10.7. The van der Waals surface area contributed by atoms with Gasteiger partial charge in [0.05, 0.1) is 18.1 Å². The van der Waals surface area contributed by atoms with Gasteiger partial charge < -0.3 is 15.3 Å². The van der Waals surface area contributed by atoms with Crippen LogP contribution in [0.25, 0.3) is 0 Å². The van der Waals surface area contributed by atoms with Gasteiger partial charge in [0.25, 0.3) is 0 Å². The Bertz CT molecular complexity index is 725. The highest BCUT2D eigenvalue weighted by Crippen LogP contribution is 2.68. The van der Waals surface area contributed by atoms with Crippen LogP contribution in [0.5, 0.6) is 0 Å². The first kappa shape index (κ1) is 20.1. The van der Waals surface area contributed by atoms with E-state index in [4.69, 9.17) is 0 Å². The van der Waals surface area contributed by atoms with Crippen molar-refractivity contribution < 1.29 is 24.9 Å². The molecule has 0 aromatic carbocycles. The van der Waals surface area contributed by atoms with Crippen LogP contribution in [0.2, 0.25) is 0 Å². The predicted molar refractivity (Wildman–Crippen MR) is 104 cm³/mol. The molecule has 0 radical (unpaired) electrons. The van der Waals surface area contributed by atoms with Crippen LogP contribution < -0.4 is 0 Å². The molecule has 0 amide bonds. The molecule has 0 aromatic rings. The molecule has 156 valence electrons. The van der Waals surface area contributed by atoms with E-state index in [0.29, 0.717) is 17.8 Å². The summed E-state index contributed by atoms with van der Waals surface area (Å²) in [4.78, 5) is 23.3. The number of carboxylic acids is 1. The van der Waals surface area contributed by atoms with Crippen molar-refractivity contribution in [1.29, 1.82) is 0 Å². The largest absolute Gasteiger partial charge is 0.481 e. The van der Waals surface area contributed by atoms with E-state index in [-0.39, 0.29) is 35.4 Å². The monoisotopic (exact) mass is 390 g/mol. The van der Waals surface area contributed by atoms with Crippen molar-refractivity contribution in [1.82, 2.24) is 0 Å². The van der Waals surface area contributed by atoms with E-state index in [2.05, 4.69) is 13.8 Å². The van der Waals surface area contributed by atoms with Gasteiger partial charge in [-0.05, 0) is 80.6 Å². The van der Waals surface area contributed by atoms with Gasteiger partial charge in [-0.2, -0.15) is 0 Å². The molecular formula is C23H34O5. The highest BCUT2D eigenvalue weighted by molar-refractivity contribution is 5.92. The second kappa shape index (κ2) is 6.40. The maximum atomic E-state index is 12.0. The summed E-state index contributed by atoms with van der Waals surface area (Å²) in [5.74, 6) is 0.362. The minimum atomic E-state index is -1.19. The van der Waals surface area contributed by atoms with Gasteiger partial charge in [0.2, 0.25) is 0 Å². The Labute approximate surface area is 167 Å². The minimum absolute atomic E-state index is 0.00958. The Morgan fingerprint density at radius 3 is 2.61 bits per heavy atom. The number of aliphatic hydroxyl groups excluding tert-OH is 1. The van der Waals surface area contributed by atoms with Crippen molar-refractivity contribution >= 4 is 11.8 Å². The molecule has 3 N–H and O–H groups in total. The lowest BCUT2D eigenvalue weighted by Gasteiger charge is -2.60. The summed E-state index contributed by atoms with van der Waals surface area (Å²) < 4.78 is 0. The standard InChI is InChI=1S/C23H34O5/c1-21-9-8-17-15(5-4-13-10-14(24)11-19(25)23(13,17)3)16(21)6-7-18(21)22(2,28)12-20(26)27/h10,15-19,25,28H,4-9,11-12H2,1-3H3,(H,26,27)/t15-,16-,17-,18-,19?,21-,22?,23-/m0/s1. The molecule has 5 heteroatoms. The fraction of sp³-hybridized carbons (Fsp3) is 0.826. The molecule has 0 aliphatic heterocycles. The molecule has 0 bridgehead atoms. The summed E-state index contributed by atoms with van der Waals surface area (Å²) in [6, 6.07) is 0. The quantitative estimate of drug-likeness (QED) is 0.687. The van der Waals surface area contributed by atoms with E-state index >= 15 is 0 Å². The summed E-state index contributed by atoms with van der Waals surface area (Å²) in [5, 5.41) is 31.2. The number of aliphatic carboxylic acids is 1. The topological polar surface area (TPSA) is 94.8 Å². The number of carboxylic acid groups (broad SMARTS) is 1. The molecule has 5 nitrogen and oxygen atoms in total. The average Bonchev–Trinajstić information content (AvgIpc) is 2.93. The first-order valence-corrected chi connectivity index (χ1v) is 10.9. The fourth-order valence-electron chi connectivity index (χ4n) is 8.06. The second-order valence-corrected chi connectivity index (χ2v) is 10.7. The molecule has 28 heavy (non-hydrogen) atoms. The van der Waals surface area contributed by atoms with Gasteiger partial charge in [0.15, 0.2) is 5.78 Å². The number of rotatable bonds is 3. The lowest BCUT2D eigenvalue weighted by atomic mass is 9.45. The highest BCUT2D eigenvalue weighted by Gasteiger charge is 2.63. The molecule has 2 unspecified atom stereocenters. The predicted octanol–water partition coefficient (Wildman–Crippen LogP) is 3.33.